The largest absolute Gasteiger partial charge is 0.361 e. The van der Waals surface area contributed by atoms with Crippen molar-refractivity contribution in [2.45, 2.75) is 39.2 Å². The quantitative estimate of drug-likeness (QED) is 0.906. The molecule has 0 saturated carbocycles. The molecule has 1 aliphatic rings. The minimum Gasteiger partial charge on any atom is -0.361 e. The highest BCUT2D eigenvalue weighted by Gasteiger charge is 2.28. The number of aromatic amines is 1. The molecule has 24 heavy (non-hydrogen) atoms. The molecular formula is C19H25N3O2. The number of rotatable bonds is 4. The number of hydrogen-bond acceptors (Lipinski definition) is 2. The zero-order valence-corrected chi connectivity index (χ0v) is 14.3. The molecule has 1 aromatic heterocycles. The molecule has 1 saturated heterocycles. The highest BCUT2D eigenvalue weighted by atomic mass is 16.2. The SMILES string of the molecule is CC(C)NC(=O)[C@@H]1CCCN(C(=O)Cc2c[nH]c3ccccc23)C1. The van der Waals surface area contributed by atoms with E-state index in [9.17, 15) is 9.59 Å². The van der Waals surface area contributed by atoms with Gasteiger partial charge in [0.2, 0.25) is 11.8 Å². The minimum atomic E-state index is -0.0898. The second-order valence-corrected chi connectivity index (χ2v) is 6.88. The molecule has 0 spiro atoms. The van der Waals surface area contributed by atoms with Gasteiger partial charge in [-0.15, -0.1) is 0 Å². The van der Waals surface area contributed by atoms with Crippen molar-refractivity contribution in [3.05, 3.63) is 36.0 Å². The number of piperidine rings is 1. The first-order valence-electron chi connectivity index (χ1n) is 8.67. The van der Waals surface area contributed by atoms with Crippen LogP contribution < -0.4 is 5.32 Å². The zero-order chi connectivity index (χ0) is 17.1. The van der Waals surface area contributed by atoms with Crippen LogP contribution in [-0.2, 0) is 16.0 Å². The monoisotopic (exact) mass is 327 g/mol. The van der Waals surface area contributed by atoms with Crippen molar-refractivity contribution in [3.8, 4) is 0 Å². The molecule has 2 amide bonds. The van der Waals surface area contributed by atoms with Gasteiger partial charge in [-0.05, 0) is 38.3 Å². The molecule has 5 heteroatoms. The maximum atomic E-state index is 12.7. The predicted molar refractivity (Wildman–Crippen MR) is 94.6 cm³/mol. The molecule has 0 unspecified atom stereocenters. The number of benzene rings is 1. The number of H-pyrrole nitrogens is 1. The van der Waals surface area contributed by atoms with Crippen LogP contribution in [0.4, 0.5) is 0 Å². The van der Waals surface area contributed by atoms with E-state index in [-0.39, 0.29) is 23.8 Å². The van der Waals surface area contributed by atoms with Gasteiger partial charge in [-0.25, -0.2) is 0 Å². The molecular weight excluding hydrogens is 302 g/mol. The first-order valence-corrected chi connectivity index (χ1v) is 8.67. The summed E-state index contributed by atoms with van der Waals surface area (Å²) < 4.78 is 0. The van der Waals surface area contributed by atoms with Gasteiger partial charge in [0.05, 0.1) is 12.3 Å². The summed E-state index contributed by atoms with van der Waals surface area (Å²) in [4.78, 5) is 29.9. The third kappa shape index (κ3) is 3.61. The lowest BCUT2D eigenvalue weighted by molar-refractivity contribution is -0.135. The average Bonchev–Trinajstić information content (AvgIpc) is 2.97. The summed E-state index contributed by atoms with van der Waals surface area (Å²) in [6, 6.07) is 8.14. The Hall–Kier alpha value is -2.30. The lowest BCUT2D eigenvalue weighted by Crippen LogP contribution is -2.47. The Balaban J connectivity index is 1.65. The van der Waals surface area contributed by atoms with Crippen LogP contribution in [0.5, 0.6) is 0 Å². The summed E-state index contributed by atoms with van der Waals surface area (Å²) >= 11 is 0. The fourth-order valence-corrected chi connectivity index (χ4v) is 3.37. The second-order valence-electron chi connectivity index (χ2n) is 6.88. The fraction of sp³-hybridized carbons (Fsp3) is 0.474. The number of nitrogens with one attached hydrogen (secondary N) is 2. The summed E-state index contributed by atoms with van der Waals surface area (Å²) in [5.74, 6) is 0.0736. The third-order valence-corrected chi connectivity index (χ3v) is 4.59. The third-order valence-electron chi connectivity index (χ3n) is 4.59. The van der Waals surface area contributed by atoms with Crippen LogP contribution >= 0.6 is 0 Å². The van der Waals surface area contributed by atoms with Crippen molar-refractivity contribution in [3.63, 3.8) is 0 Å². The molecule has 0 radical (unpaired) electrons. The first-order chi connectivity index (χ1) is 11.5. The highest BCUT2D eigenvalue weighted by molar-refractivity contribution is 5.89. The van der Waals surface area contributed by atoms with Gasteiger partial charge in [0.1, 0.15) is 0 Å². The molecule has 128 valence electrons. The number of carbonyl (C=O) groups excluding carboxylic acids is 2. The standard InChI is InChI=1S/C19H25N3O2/c1-13(2)21-19(24)14-6-5-9-22(12-14)18(23)10-15-11-20-17-8-4-3-7-16(15)17/h3-4,7-8,11,13-14,20H,5-6,9-10,12H2,1-2H3,(H,21,24)/t14-/m1/s1. The molecule has 2 aromatic rings. The number of nitrogens with zero attached hydrogens (tertiary/aromatic N) is 1. The molecule has 0 bridgehead atoms. The normalized spacial score (nSPS) is 18.1. The van der Waals surface area contributed by atoms with E-state index >= 15 is 0 Å². The van der Waals surface area contributed by atoms with Crippen molar-refractivity contribution < 1.29 is 9.59 Å². The Kier molecular flexibility index (Phi) is 4.88. The number of carbonyl (C=O) groups is 2. The van der Waals surface area contributed by atoms with E-state index in [1.54, 1.807) is 0 Å². The summed E-state index contributed by atoms with van der Waals surface area (Å²) in [5.41, 5.74) is 2.07. The van der Waals surface area contributed by atoms with Crippen molar-refractivity contribution in [2.75, 3.05) is 13.1 Å². The molecule has 2 heterocycles. The predicted octanol–water partition coefficient (Wildman–Crippen LogP) is 2.47. The molecule has 5 nitrogen and oxygen atoms in total. The lowest BCUT2D eigenvalue weighted by Gasteiger charge is -2.32. The van der Waals surface area contributed by atoms with Gasteiger partial charge in [-0.3, -0.25) is 9.59 Å². The van der Waals surface area contributed by atoms with Gasteiger partial charge >= 0.3 is 0 Å². The van der Waals surface area contributed by atoms with Gasteiger partial charge in [0.25, 0.3) is 0 Å². The molecule has 0 aliphatic carbocycles. The van der Waals surface area contributed by atoms with Crippen LogP contribution in [0.15, 0.2) is 30.5 Å². The van der Waals surface area contributed by atoms with Crippen molar-refractivity contribution in [1.29, 1.82) is 0 Å². The fourth-order valence-electron chi connectivity index (χ4n) is 3.37. The van der Waals surface area contributed by atoms with Crippen LogP contribution in [0.1, 0.15) is 32.3 Å². The lowest BCUT2D eigenvalue weighted by atomic mass is 9.96. The van der Waals surface area contributed by atoms with E-state index in [0.29, 0.717) is 13.0 Å². The Morgan fingerprint density at radius 1 is 1.33 bits per heavy atom. The molecule has 1 fully saturated rings. The number of amides is 2. The number of aromatic nitrogens is 1. The zero-order valence-electron chi connectivity index (χ0n) is 14.3. The number of hydrogen-bond donors (Lipinski definition) is 2. The van der Waals surface area contributed by atoms with Gasteiger partial charge in [0.15, 0.2) is 0 Å². The number of likely N-dealkylation sites (tertiary alicyclic amines) is 1. The van der Waals surface area contributed by atoms with E-state index < -0.39 is 0 Å². The van der Waals surface area contributed by atoms with Gasteiger partial charge in [-0.2, -0.15) is 0 Å². The van der Waals surface area contributed by atoms with Crippen molar-refractivity contribution >= 4 is 22.7 Å². The summed E-state index contributed by atoms with van der Waals surface area (Å²) in [5, 5.41) is 4.05. The Morgan fingerprint density at radius 3 is 2.92 bits per heavy atom. The van der Waals surface area contributed by atoms with E-state index in [0.717, 1.165) is 35.9 Å². The Morgan fingerprint density at radius 2 is 2.12 bits per heavy atom. The van der Waals surface area contributed by atoms with E-state index in [4.69, 9.17) is 0 Å². The van der Waals surface area contributed by atoms with Crippen LogP contribution in [-0.4, -0.2) is 40.8 Å². The Labute approximate surface area is 142 Å². The maximum Gasteiger partial charge on any atom is 0.227 e. The highest BCUT2D eigenvalue weighted by Crippen LogP contribution is 2.21. The molecule has 1 aliphatic heterocycles. The van der Waals surface area contributed by atoms with E-state index in [2.05, 4.69) is 10.3 Å². The van der Waals surface area contributed by atoms with Crippen molar-refractivity contribution in [2.24, 2.45) is 5.92 Å². The van der Waals surface area contributed by atoms with E-state index in [1.807, 2.05) is 49.2 Å². The van der Waals surface area contributed by atoms with Gasteiger partial charge in [-0.1, -0.05) is 18.2 Å². The molecule has 3 rings (SSSR count). The second kappa shape index (κ2) is 7.07. The topological polar surface area (TPSA) is 65.2 Å². The molecule has 2 N–H and O–H groups in total. The van der Waals surface area contributed by atoms with Gasteiger partial charge in [0, 0.05) is 36.2 Å². The summed E-state index contributed by atoms with van der Waals surface area (Å²) in [6.07, 6.45) is 4.03. The maximum absolute atomic E-state index is 12.7. The van der Waals surface area contributed by atoms with Crippen LogP contribution in [0, 0.1) is 5.92 Å². The van der Waals surface area contributed by atoms with Gasteiger partial charge < -0.3 is 15.2 Å². The summed E-state index contributed by atoms with van der Waals surface area (Å²) in [7, 11) is 0. The molecule has 1 atom stereocenters. The number of para-hydroxylation sites is 1. The average molecular weight is 327 g/mol. The van der Waals surface area contributed by atoms with Crippen LogP contribution in [0.3, 0.4) is 0 Å². The Bertz CT molecular complexity index is 735. The molecule has 1 aromatic carbocycles. The minimum absolute atomic E-state index is 0.0644. The van der Waals surface area contributed by atoms with Crippen LogP contribution in [0.2, 0.25) is 0 Å². The first kappa shape index (κ1) is 16.6. The number of fused-ring (bicyclic) bond motifs is 1. The summed E-state index contributed by atoms with van der Waals surface area (Å²) in [6.45, 7) is 5.19. The van der Waals surface area contributed by atoms with Crippen molar-refractivity contribution in [1.82, 2.24) is 15.2 Å². The van der Waals surface area contributed by atoms with E-state index in [1.165, 1.54) is 0 Å². The smallest absolute Gasteiger partial charge is 0.227 e. The van der Waals surface area contributed by atoms with Crippen LogP contribution in [0.25, 0.3) is 10.9 Å².